The van der Waals surface area contributed by atoms with Crippen LogP contribution in [0.5, 0.6) is 0 Å². The monoisotopic (exact) mass is 478 g/mol. The molecule has 0 bridgehead atoms. The van der Waals surface area contributed by atoms with Crippen molar-refractivity contribution in [2.45, 2.75) is 12.6 Å². The Morgan fingerprint density at radius 3 is 2.21 bits per heavy atom. The van der Waals surface area contributed by atoms with Crippen molar-refractivity contribution in [2.24, 2.45) is 0 Å². The predicted molar refractivity (Wildman–Crippen MR) is 137 cm³/mol. The quantitative estimate of drug-likeness (QED) is 0.520. The van der Waals surface area contributed by atoms with Crippen LogP contribution < -0.4 is 14.9 Å². The van der Waals surface area contributed by atoms with Crippen LogP contribution in [0.1, 0.15) is 15.9 Å². The molecule has 8 heteroatoms. The number of nitrogens with zero attached hydrogens (tertiary/aromatic N) is 2. The van der Waals surface area contributed by atoms with Gasteiger partial charge in [0.2, 0.25) is 10.0 Å². The van der Waals surface area contributed by atoms with Gasteiger partial charge in [0.05, 0.1) is 6.26 Å². The van der Waals surface area contributed by atoms with Crippen LogP contribution in [0.2, 0.25) is 0 Å². The molecule has 178 valence electrons. The molecule has 7 nitrogen and oxygen atoms in total. The highest BCUT2D eigenvalue weighted by Gasteiger charge is 2.27. The van der Waals surface area contributed by atoms with Crippen LogP contribution in [0.3, 0.4) is 0 Å². The number of piperazine rings is 1. The summed E-state index contributed by atoms with van der Waals surface area (Å²) in [4.78, 5) is 17.6. The fourth-order valence-electron chi connectivity index (χ4n) is 4.20. The Hall–Kier alpha value is -3.36. The van der Waals surface area contributed by atoms with E-state index in [2.05, 4.69) is 56.2 Å². The summed E-state index contributed by atoms with van der Waals surface area (Å²) in [6.45, 7) is 3.98. The smallest absolute Gasteiger partial charge is 0.251 e. The second-order valence-corrected chi connectivity index (χ2v) is 10.3. The van der Waals surface area contributed by atoms with E-state index in [1.54, 1.807) is 24.3 Å². The molecule has 34 heavy (non-hydrogen) atoms. The Morgan fingerprint density at radius 1 is 0.912 bits per heavy atom. The molecule has 1 aliphatic heterocycles. The Balaban J connectivity index is 1.43. The van der Waals surface area contributed by atoms with Crippen LogP contribution in [0.15, 0.2) is 84.9 Å². The van der Waals surface area contributed by atoms with E-state index >= 15 is 0 Å². The molecule has 1 atom stereocenters. The third-order valence-corrected chi connectivity index (χ3v) is 6.51. The second-order valence-electron chi connectivity index (χ2n) is 8.55. The van der Waals surface area contributed by atoms with Crippen LogP contribution in [0.25, 0.3) is 0 Å². The standard InChI is InChI=1S/C26H30N4O3S/c1-34(32,33)28-23-14-12-22(13-15-23)26(31)27-18-25-20-30(24-10-6-3-7-11-24)17-16-29(25)19-21-8-4-2-5-9-21/h2-15,25,28H,16-20H2,1H3,(H,27,31). The van der Waals surface area contributed by atoms with Gasteiger partial charge in [0.1, 0.15) is 0 Å². The van der Waals surface area contributed by atoms with Gasteiger partial charge in [-0.1, -0.05) is 48.5 Å². The van der Waals surface area contributed by atoms with E-state index in [0.717, 1.165) is 32.4 Å². The zero-order valence-corrected chi connectivity index (χ0v) is 20.0. The Kier molecular flexibility index (Phi) is 7.49. The molecule has 3 aromatic carbocycles. The van der Waals surface area contributed by atoms with Crippen LogP contribution in [-0.4, -0.2) is 57.7 Å². The van der Waals surface area contributed by atoms with Crippen molar-refractivity contribution >= 4 is 27.3 Å². The normalized spacial score (nSPS) is 16.7. The lowest BCUT2D eigenvalue weighted by atomic mass is 10.1. The van der Waals surface area contributed by atoms with E-state index in [1.165, 1.54) is 11.3 Å². The molecule has 1 amide bonds. The minimum Gasteiger partial charge on any atom is -0.369 e. The number of hydrogen-bond acceptors (Lipinski definition) is 5. The third-order valence-electron chi connectivity index (χ3n) is 5.90. The number of anilines is 2. The van der Waals surface area contributed by atoms with Crippen molar-refractivity contribution in [2.75, 3.05) is 42.1 Å². The first-order valence-electron chi connectivity index (χ1n) is 11.3. The van der Waals surface area contributed by atoms with Crippen LogP contribution in [-0.2, 0) is 16.6 Å². The summed E-state index contributed by atoms with van der Waals surface area (Å²) >= 11 is 0. The molecule has 0 aliphatic carbocycles. The van der Waals surface area contributed by atoms with E-state index in [1.807, 2.05) is 24.3 Å². The van der Waals surface area contributed by atoms with Gasteiger partial charge in [0.15, 0.2) is 0 Å². The van der Waals surface area contributed by atoms with Crippen molar-refractivity contribution in [3.05, 3.63) is 96.1 Å². The molecule has 0 radical (unpaired) electrons. The maximum absolute atomic E-state index is 12.8. The van der Waals surface area contributed by atoms with Gasteiger partial charge < -0.3 is 10.2 Å². The molecule has 1 aliphatic rings. The summed E-state index contributed by atoms with van der Waals surface area (Å²) < 4.78 is 25.2. The largest absolute Gasteiger partial charge is 0.369 e. The van der Waals surface area contributed by atoms with Gasteiger partial charge >= 0.3 is 0 Å². The van der Waals surface area contributed by atoms with Crippen molar-refractivity contribution < 1.29 is 13.2 Å². The molecular weight excluding hydrogens is 448 g/mol. The highest BCUT2D eigenvalue weighted by molar-refractivity contribution is 7.92. The average Bonchev–Trinajstić information content (AvgIpc) is 2.84. The van der Waals surface area contributed by atoms with Crippen molar-refractivity contribution in [1.82, 2.24) is 10.2 Å². The van der Waals surface area contributed by atoms with Crippen molar-refractivity contribution in [1.29, 1.82) is 0 Å². The van der Waals surface area contributed by atoms with Gasteiger partial charge in [-0.2, -0.15) is 0 Å². The van der Waals surface area contributed by atoms with Gasteiger partial charge in [-0.15, -0.1) is 0 Å². The summed E-state index contributed by atoms with van der Waals surface area (Å²) in [6, 6.07) is 27.3. The first kappa shape index (κ1) is 23.8. The number of benzene rings is 3. The van der Waals surface area contributed by atoms with Crippen molar-refractivity contribution in [3.63, 3.8) is 0 Å². The molecule has 1 heterocycles. The number of hydrogen-bond donors (Lipinski definition) is 2. The topological polar surface area (TPSA) is 81.7 Å². The molecule has 0 spiro atoms. The van der Waals surface area contributed by atoms with Crippen molar-refractivity contribution in [3.8, 4) is 0 Å². The van der Waals surface area contributed by atoms with E-state index in [0.29, 0.717) is 17.8 Å². The molecule has 3 aromatic rings. The molecule has 0 aromatic heterocycles. The van der Waals surface area contributed by atoms with Gasteiger partial charge in [-0.25, -0.2) is 8.42 Å². The third kappa shape index (κ3) is 6.59. The number of nitrogens with one attached hydrogen (secondary N) is 2. The van der Waals surface area contributed by atoms with Crippen LogP contribution >= 0.6 is 0 Å². The number of carbonyl (C=O) groups excluding carboxylic acids is 1. The minimum atomic E-state index is -3.36. The first-order valence-corrected chi connectivity index (χ1v) is 13.2. The summed E-state index contributed by atoms with van der Waals surface area (Å²) in [6.07, 6.45) is 1.09. The van der Waals surface area contributed by atoms with Crippen LogP contribution in [0.4, 0.5) is 11.4 Å². The zero-order chi connectivity index (χ0) is 24.0. The Morgan fingerprint density at radius 2 is 1.56 bits per heavy atom. The van der Waals surface area contributed by atoms with E-state index in [-0.39, 0.29) is 11.9 Å². The number of rotatable bonds is 8. The number of sulfonamides is 1. The lowest BCUT2D eigenvalue weighted by molar-refractivity contribution is 0.0924. The molecule has 4 rings (SSSR count). The molecule has 1 unspecified atom stereocenters. The highest BCUT2D eigenvalue weighted by Crippen LogP contribution is 2.20. The van der Waals surface area contributed by atoms with E-state index < -0.39 is 10.0 Å². The van der Waals surface area contributed by atoms with Gasteiger partial charge in [-0.05, 0) is 42.0 Å². The van der Waals surface area contributed by atoms with Crippen LogP contribution in [0, 0.1) is 0 Å². The van der Waals surface area contributed by atoms with Gasteiger partial charge in [-0.3, -0.25) is 14.4 Å². The fourth-order valence-corrected chi connectivity index (χ4v) is 4.77. The first-order chi connectivity index (χ1) is 16.4. The second kappa shape index (κ2) is 10.7. The Bertz CT molecular complexity index is 1190. The predicted octanol–water partition coefficient (Wildman–Crippen LogP) is 3.18. The zero-order valence-electron chi connectivity index (χ0n) is 19.2. The van der Waals surface area contributed by atoms with E-state index in [4.69, 9.17) is 0 Å². The lowest BCUT2D eigenvalue weighted by Gasteiger charge is -2.42. The summed E-state index contributed by atoms with van der Waals surface area (Å²) in [5.74, 6) is -0.178. The maximum atomic E-state index is 12.8. The molecule has 2 N–H and O–H groups in total. The summed E-state index contributed by atoms with van der Waals surface area (Å²) in [5.41, 5.74) is 3.36. The highest BCUT2D eigenvalue weighted by atomic mass is 32.2. The average molecular weight is 479 g/mol. The number of para-hydroxylation sites is 1. The minimum absolute atomic E-state index is 0.143. The SMILES string of the molecule is CS(=O)(=O)Nc1ccc(C(=O)NCC2CN(c3ccccc3)CCN2Cc2ccccc2)cc1. The fraction of sp³-hybridized carbons (Fsp3) is 0.269. The lowest BCUT2D eigenvalue weighted by Crippen LogP contribution is -2.56. The Labute approximate surface area is 201 Å². The summed E-state index contributed by atoms with van der Waals surface area (Å²) in [7, 11) is -3.36. The molecular formula is C26H30N4O3S. The molecule has 0 saturated carbocycles. The maximum Gasteiger partial charge on any atom is 0.251 e. The molecule has 1 saturated heterocycles. The summed E-state index contributed by atoms with van der Waals surface area (Å²) in [5, 5.41) is 3.08. The van der Waals surface area contributed by atoms with E-state index in [9.17, 15) is 13.2 Å². The molecule has 1 fully saturated rings. The number of carbonyl (C=O) groups is 1. The number of amides is 1. The van der Waals surface area contributed by atoms with Gasteiger partial charge in [0.25, 0.3) is 5.91 Å². The van der Waals surface area contributed by atoms with Gasteiger partial charge in [0, 0.05) is 55.7 Å².